The summed E-state index contributed by atoms with van der Waals surface area (Å²) >= 11 is 0. The first-order chi connectivity index (χ1) is 30.9. The van der Waals surface area contributed by atoms with Crippen LogP contribution >= 0.6 is 0 Å². The van der Waals surface area contributed by atoms with E-state index in [1.165, 1.54) is 95.3 Å². The van der Waals surface area contributed by atoms with Crippen LogP contribution < -0.4 is 16.4 Å². The first-order valence-electron chi connectivity index (χ1n) is 26.2. The molecule has 1 heterocycles. The molecule has 1 rings (SSSR count). The van der Waals surface area contributed by atoms with Crippen LogP contribution in [0.3, 0.4) is 0 Å². The molecule has 1 fully saturated rings. The summed E-state index contributed by atoms with van der Waals surface area (Å²) in [5, 5.41) is 38.3. The molecule has 1 saturated heterocycles. The van der Waals surface area contributed by atoms with E-state index in [0.29, 0.717) is 12.8 Å². The van der Waals surface area contributed by atoms with Crippen molar-refractivity contribution in [2.75, 3.05) is 13.2 Å². The molecule has 7 atom stereocenters. The van der Waals surface area contributed by atoms with Gasteiger partial charge in [-0.1, -0.05) is 162 Å². The number of ketones is 1. The SMILES string of the molecule is CCCCCCCC/C=C\CCCCCCCC(=O)N(CCCCCCCCCCCCCC)[C@]1(N)O[C@H](CO)[C@@H](O)[C@H](O)[C@H]1C(=O)[C@H](C)NC(=O)[C@H](CC(C)C)NC(=O)OC(C)(C)C. The molecule has 13 heteroatoms. The molecule has 0 aromatic rings. The maximum atomic E-state index is 14.5. The van der Waals surface area contributed by atoms with Gasteiger partial charge in [0, 0.05) is 13.0 Å². The molecule has 65 heavy (non-hydrogen) atoms. The Balaban J connectivity index is 3.14. The van der Waals surface area contributed by atoms with Crippen LogP contribution in [0.25, 0.3) is 0 Å². The number of nitrogens with zero attached hydrogens (tertiary/aromatic N) is 1. The van der Waals surface area contributed by atoms with Gasteiger partial charge in [-0.05, 0) is 78.6 Å². The van der Waals surface area contributed by atoms with Gasteiger partial charge in [-0.25, -0.2) is 4.79 Å². The molecule has 0 aliphatic carbocycles. The number of unbranched alkanes of at least 4 members (excludes halogenated alkanes) is 22. The maximum absolute atomic E-state index is 14.5. The molecule has 1 aliphatic rings. The molecular weight excluding hydrogens is 825 g/mol. The lowest BCUT2D eigenvalue weighted by Gasteiger charge is -2.53. The number of nitrogens with two attached hydrogens (primary N) is 1. The number of hydrogen-bond acceptors (Lipinski definition) is 10. The minimum absolute atomic E-state index is 0.0101. The molecular formula is C52H98N4O9. The number of amides is 3. The van der Waals surface area contributed by atoms with Gasteiger partial charge in [0.25, 0.3) is 0 Å². The number of nitrogens with one attached hydrogen (secondary N) is 2. The van der Waals surface area contributed by atoms with E-state index in [1.54, 1.807) is 20.8 Å². The molecule has 13 nitrogen and oxygen atoms in total. The van der Waals surface area contributed by atoms with E-state index < -0.39 is 72.2 Å². The molecule has 7 N–H and O–H groups in total. The molecule has 1 aliphatic heterocycles. The van der Waals surface area contributed by atoms with E-state index in [-0.39, 0.29) is 31.2 Å². The van der Waals surface area contributed by atoms with E-state index >= 15 is 0 Å². The van der Waals surface area contributed by atoms with E-state index in [2.05, 4.69) is 36.6 Å². The summed E-state index contributed by atoms with van der Waals surface area (Å²) in [6.45, 7) is 14.2. The van der Waals surface area contributed by atoms with Crippen molar-refractivity contribution in [1.82, 2.24) is 15.5 Å². The van der Waals surface area contributed by atoms with E-state index in [4.69, 9.17) is 15.2 Å². The number of allylic oxidation sites excluding steroid dienone is 2. The zero-order valence-electron chi connectivity index (χ0n) is 42.5. The van der Waals surface area contributed by atoms with Crippen LogP contribution in [0.4, 0.5) is 4.79 Å². The fourth-order valence-electron chi connectivity index (χ4n) is 8.69. The summed E-state index contributed by atoms with van der Waals surface area (Å²) in [4.78, 5) is 56.5. The van der Waals surface area contributed by atoms with Gasteiger partial charge < -0.3 is 40.3 Å². The summed E-state index contributed by atoms with van der Waals surface area (Å²) in [5.41, 5.74) is 6.27. The minimum Gasteiger partial charge on any atom is -0.444 e. The van der Waals surface area contributed by atoms with Crippen LogP contribution in [-0.4, -0.2) is 98.9 Å². The van der Waals surface area contributed by atoms with Crippen LogP contribution in [0.1, 0.15) is 229 Å². The molecule has 380 valence electrons. The monoisotopic (exact) mass is 923 g/mol. The predicted molar refractivity (Wildman–Crippen MR) is 262 cm³/mol. The van der Waals surface area contributed by atoms with Gasteiger partial charge in [0.2, 0.25) is 17.7 Å². The number of ether oxygens (including phenoxy) is 2. The summed E-state index contributed by atoms with van der Waals surface area (Å²) in [5.74, 6) is -5.70. The fraction of sp³-hybridized carbons (Fsp3) is 0.885. The zero-order valence-corrected chi connectivity index (χ0v) is 42.5. The van der Waals surface area contributed by atoms with Gasteiger partial charge in [0.05, 0.1) is 18.8 Å². The van der Waals surface area contributed by atoms with Gasteiger partial charge in [-0.2, -0.15) is 0 Å². The van der Waals surface area contributed by atoms with Crippen molar-refractivity contribution >= 4 is 23.7 Å². The summed E-state index contributed by atoms with van der Waals surface area (Å²) < 4.78 is 11.6. The Morgan fingerprint density at radius 2 is 1.17 bits per heavy atom. The minimum atomic E-state index is -2.25. The number of rotatable bonds is 37. The van der Waals surface area contributed by atoms with Crippen molar-refractivity contribution in [3.05, 3.63) is 12.2 Å². The molecule has 0 radical (unpaired) electrons. The highest BCUT2D eigenvalue weighted by Gasteiger charge is 2.59. The largest absolute Gasteiger partial charge is 0.444 e. The summed E-state index contributed by atoms with van der Waals surface area (Å²) in [6, 6.07) is -2.33. The molecule has 0 aromatic carbocycles. The highest BCUT2D eigenvalue weighted by atomic mass is 16.6. The lowest BCUT2D eigenvalue weighted by atomic mass is 9.80. The Bertz CT molecular complexity index is 1320. The van der Waals surface area contributed by atoms with Gasteiger partial charge >= 0.3 is 6.09 Å². The fourth-order valence-corrected chi connectivity index (χ4v) is 8.69. The van der Waals surface area contributed by atoms with Crippen LogP contribution in [0.5, 0.6) is 0 Å². The Labute approximate surface area is 395 Å². The first-order valence-corrected chi connectivity index (χ1v) is 26.2. The van der Waals surface area contributed by atoms with Crippen LogP contribution in [-0.2, 0) is 23.9 Å². The molecule has 0 unspecified atom stereocenters. The second kappa shape index (κ2) is 34.7. The Kier molecular flexibility index (Phi) is 32.2. The Morgan fingerprint density at radius 3 is 1.63 bits per heavy atom. The maximum Gasteiger partial charge on any atom is 0.408 e. The third kappa shape index (κ3) is 25.4. The lowest BCUT2D eigenvalue weighted by molar-refractivity contribution is -0.291. The number of aliphatic hydroxyl groups excluding tert-OH is 3. The lowest BCUT2D eigenvalue weighted by Crippen LogP contribution is -2.76. The van der Waals surface area contributed by atoms with Crippen LogP contribution in [0.2, 0.25) is 0 Å². The Hall–Kier alpha value is -2.58. The van der Waals surface area contributed by atoms with Crippen molar-refractivity contribution in [2.24, 2.45) is 17.6 Å². The smallest absolute Gasteiger partial charge is 0.408 e. The van der Waals surface area contributed by atoms with E-state index in [9.17, 15) is 34.5 Å². The second-order valence-electron chi connectivity index (χ2n) is 20.3. The highest BCUT2D eigenvalue weighted by Crippen LogP contribution is 2.37. The standard InChI is InChI=1S/C52H98N4O9/c1-9-11-13-15-17-19-21-23-24-25-26-28-30-32-34-36-44(58)56(37-35-33-31-29-27-22-20-18-16-14-12-10-2)52(53)45(48(61)47(60)43(39-57)64-52)46(59)41(5)54-49(62)42(38-40(3)4)55-50(63)65-51(6,7)8/h23-24,40-43,45,47-48,57,60-61H,9-22,25-39,53H2,1-8H3,(H,54,62)(H,55,63)/b24-23-/t41-,42-,43+,45+,47+,48+,52-/m0/s1. The topological polar surface area (TPSA) is 201 Å². The number of alkyl carbamates (subject to hydrolysis) is 1. The van der Waals surface area contributed by atoms with E-state index in [1.807, 2.05) is 13.8 Å². The molecule has 3 amide bonds. The molecule has 0 saturated carbocycles. The predicted octanol–water partition coefficient (Wildman–Crippen LogP) is 9.91. The van der Waals surface area contributed by atoms with Crippen molar-refractivity contribution in [3.8, 4) is 0 Å². The number of carbonyl (C=O) groups is 4. The molecule has 0 bridgehead atoms. The van der Waals surface area contributed by atoms with Crippen molar-refractivity contribution in [3.63, 3.8) is 0 Å². The van der Waals surface area contributed by atoms with E-state index in [0.717, 1.165) is 64.2 Å². The summed E-state index contributed by atoms with van der Waals surface area (Å²) in [7, 11) is 0. The van der Waals surface area contributed by atoms with Crippen LogP contribution in [0.15, 0.2) is 12.2 Å². The van der Waals surface area contributed by atoms with Gasteiger partial charge in [-0.3, -0.25) is 20.1 Å². The average Bonchev–Trinajstić information content (AvgIpc) is 3.23. The Morgan fingerprint density at radius 1 is 0.708 bits per heavy atom. The molecule has 0 aromatic heterocycles. The third-order valence-corrected chi connectivity index (χ3v) is 12.5. The summed E-state index contributed by atoms with van der Waals surface area (Å²) in [6.07, 6.45) is 27.2. The third-order valence-electron chi connectivity index (χ3n) is 12.5. The van der Waals surface area contributed by atoms with Gasteiger partial charge in [-0.15, -0.1) is 0 Å². The average molecular weight is 923 g/mol. The van der Waals surface area contributed by atoms with Crippen molar-refractivity contribution in [1.29, 1.82) is 0 Å². The van der Waals surface area contributed by atoms with Gasteiger partial charge in [0.1, 0.15) is 29.8 Å². The van der Waals surface area contributed by atoms with Crippen LogP contribution in [0, 0.1) is 11.8 Å². The normalized spacial score (nSPS) is 21.1. The second-order valence-corrected chi connectivity index (χ2v) is 20.3. The van der Waals surface area contributed by atoms with Crippen molar-refractivity contribution in [2.45, 2.75) is 271 Å². The first kappa shape index (κ1) is 60.4. The number of aliphatic hydroxyl groups is 3. The molecule has 0 spiro atoms. The van der Waals surface area contributed by atoms with Gasteiger partial charge in [0.15, 0.2) is 5.78 Å². The number of Topliss-reactive ketones (excluding diaryl/α,β-unsaturated/α-hetero) is 1. The number of hydrogen-bond donors (Lipinski definition) is 6. The van der Waals surface area contributed by atoms with Crippen molar-refractivity contribution < 1.29 is 44.0 Å². The quantitative estimate of drug-likeness (QED) is 0.0198. The number of carbonyl (C=O) groups excluding carboxylic acids is 4. The highest BCUT2D eigenvalue weighted by molar-refractivity contribution is 5.94. The zero-order chi connectivity index (χ0) is 48.7.